The molecule has 4 rings (SSSR count). The highest BCUT2D eigenvalue weighted by Crippen LogP contribution is 2.38. The Morgan fingerprint density at radius 2 is 0.788 bits per heavy atom. The highest BCUT2D eigenvalue weighted by molar-refractivity contribution is 9.10. The molecule has 280 valence electrons. The Bertz CT molecular complexity index is 1850. The molecule has 0 bridgehead atoms. The van der Waals surface area contributed by atoms with Gasteiger partial charge < -0.3 is 20.8 Å². The van der Waals surface area contributed by atoms with Crippen molar-refractivity contribution in [1.82, 2.24) is 0 Å². The molecule has 52 heavy (non-hydrogen) atoms. The van der Waals surface area contributed by atoms with Crippen LogP contribution in [0.3, 0.4) is 0 Å². The molecule has 0 unspecified atom stereocenters. The summed E-state index contributed by atoms with van der Waals surface area (Å²) in [6.07, 6.45) is -11.2. The number of carboxylic acid groups (broad SMARTS) is 2. The fourth-order valence-electron chi connectivity index (χ4n) is 4.14. The summed E-state index contributed by atoms with van der Waals surface area (Å²) < 4.78 is 185. The van der Waals surface area contributed by atoms with Crippen LogP contribution in [0.1, 0.15) is 43.0 Å². The van der Waals surface area contributed by atoms with E-state index < -0.39 is 106 Å². The van der Waals surface area contributed by atoms with Crippen molar-refractivity contribution >= 4 is 55.2 Å². The summed E-state index contributed by atoms with van der Waals surface area (Å²) in [4.78, 5) is 22.0. The summed E-state index contributed by atoms with van der Waals surface area (Å²) >= 11 is 5.92. The molecule has 0 aliphatic rings. The van der Waals surface area contributed by atoms with Gasteiger partial charge in [0.25, 0.3) is 0 Å². The van der Waals surface area contributed by atoms with E-state index in [9.17, 15) is 71.1 Å². The Labute approximate surface area is 297 Å². The molecule has 0 saturated carbocycles. The summed E-state index contributed by atoms with van der Waals surface area (Å²) in [7, 11) is 0. The monoisotopic (exact) mass is 890 g/mol. The molecule has 0 aliphatic heterocycles. The maximum absolute atomic E-state index is 13.8. The molecule has 4 aromatic rings. The normalized spacial score (nSPS) is 11.5. The van der Waals surface area contributed by atoms with E-state index >= 15 is 0 Å². The number of carboxylic acids is 2. The van der Waals surface area contributed by atoms with Crippen molar-refractivity contribution in [2.75, 3.05) is 10.6 Å². The third kappa shape index (κ3) is 9.06. The predicted octanol–water partition coefficient (Wildman–Crippen LogP) is 10.7. The first-order chi connectivity index (χ1) is 23.9. The minimum absolute atomic E-state index is 0.00474. The van der Waals surface area contributed by atoms with Gasteiger partial charge in [-0.3, -0.25) is 0 Å². The average Bonchev–Trinajstić information content (AvgIpc) is 3.03. The van der Waals surface area contributed by atoms with E-state index in [0.717, 1.165) is 12.1 Å². The molecular formula is C30H14Br2F14N2O4. The molecule has 0 spiro atoms. The van der Waals surface area contributed by atoms with E-state index in [-0.39, 0.29) is 31.4 Å². The maximum atomic E-state index is 13.8. The molecule has 0 saturated heterocycles. The number of anilines is 2. The Balaban J connectivity index is 0.000000280. The van der Waals surface area contributed by atoms with Gasteiger partial charge in [0.1, 0.15) is 11.1 Å². The van der Waals surface area contributed by atoms with Gasteiger partial charge in [-0.15, -0.1) is 0 Å². The predicted molar refractivity (Wildman–Crippen MR) is 159 cm³/mol. The van der Waals surface area contributed by atoms with Crippen LogP contribution in [-0.4, -0.2) is 22.2 Å². The number of rotatable bonds is 8. The van der Waals surface area contributed by atoms with Crippen LogP contribution in [0.5, 0.6) is 0 Å². The van der Waals surface area contributed by atoms with Gasteiger partial charge in [0.05, 0.1) is 11.1 Å². The zero-order valence-corrected chi connectivity index (χ0v) is 27.8. The third-order valence-corrected chi connectivity index (χ3v) is 7.99. The number of halogens is 16. The van der Waals surface area contributed by atoms with Gasteiger partial charge in [0.15, 0.2) is 46.5 Å². The highest BCUT2D eigenvalue weighted by atomic mass is 79.9. The molecule has 0 fully saturated rings. The van der Waals surface area contributed by atoms with E-state index in [1.54, 1.807) is 0 Å². The number of carbonyl (C=O) groups is 2. The molecular weight excluding hydrogens is 878 g/mol. The van der Waals surface area contributed by atoms with Gasteiger partial charge in [0.2, 0.25) is 0 Å². The minimum Gasteiger partial charge on any atom is -0.478 e. The second-order valence-electron chi connectivity index (χ2n) is 9.92. The molecule has 0 atom stereocenters. The van der Waals surface area contributed by atoms with E-state index in [2.05, 4.69) is 42.5 Å². The Morgan fingerprint density at radius 3 is 1.02 bits per heavy atom. The Hall–Kier alpha value is -4.60. The van der Waals surface area contributed by atoms with Crippen molar-refractivity contribution < 1.29 is 81.3 Å². The zero-order valence-electron chi connectivity index (χ0n) is 24.6. The summed E-state index contributed by atoms with van der Waals surface area (Å²) in [5.74, 6) is -21.7. The average molecular weight is 892 g/mol. The second-order valence-corrected chi connectivity index (χ2v) is 11.6. The van der Waals surface area contributed by atoms with E-state index in [4.69, 9.17) is 10.2 Å². The first-order valence-corrected chi connectivity index (χ1v) is 14.9. The van der Waals surface area contributed by atoms with Gasteiger partial charge in [0, 0.05) is 44.5 Å². The number of alkyl halides is 6. The Morgan fingerprint density at radius 1 is 0.519 bits per heavy atom. The van der Waals surface area contributed by atoms with Crippen LogP contribution in [0.2, 0.25) is 0 Å². The molecule has 4 aromatic carbocycles. The van der Waals surface area contributed by atoms with Crippen molar-refractivity contribution in [1.29, 1.82) is 0 Å². The van der Waals surface area contributed by atoms with E-state index in [0.29, 0.717) is 0 Å². The molecule has 0 radical (unpaired) electrons. The third-order valence-electron chi connectivity index (χ3n) is 6.61. The summed E-state index contributed by atoms with van der Waals surface area (Å²) in [5, 5.41) is 22.5. The molecule has 0 amide bonds. The lowest BCUT2D eigenvalue weighted by molar-refractivity contribution is -0.144. The number of hydrogen-bond donors (Lipinski definition) is 4. The van der Waals surface area contributed by atoms with Crippen LogP contribution < -0.4 is 10.6 Å². The molecule has 4 N–H and O–H groups in total. The smallest absolute Gasteiger partial charge is 0.422 e. The van der Waals surface area contributed by atoms with Crippen molar-refractivity contribution in [3.05, 3.63) is 125 Å². The zero-order chi connectivity index (χ0) is 39.6. The van der Waals surface area contributed by atoms with Crippen LogP contribution in [0.4, 0.5) is 72.8 Å². The summed E-state index contributed by atoms with van der Waals surface area (Å²) in [5.41, 5.74) is -8.35. The number of aromatic carboxylic acids is 2. The summed E-state index contributed by atoms with van der Waals surface area (Å²) in [6.45, 7) is -1.85. The standard InChI is InChI=1S/2C15H7BrF7NO2/c2*16-8-2-1-5(3-6(8)14(25)26)24-4-7-10(17)12(19)9(15(21,22)23)13(20)11(7)18/h2*1-3,24H,4H2,(H,25,26). The fourth-order valence-corrected chi connectivity index (χ4v) is 4.97. The number of nitrogens with one attached hydrogen (secondary N) is 2. The first kappa shape index (κ1) is 41.8. The maximum Gasteiger partial charge on any atom is 0.422 e. The van der Waals surface area contributed by atoms with Gasteiger partial charge in [-0.1, -0.05) is 0 Å². The lowest BCUT2D eigenvalue weighted by Gasteiger charge is -2.15. The molecule has 0 aliphatic carbocycles. The largest absolute Gasteiger partial charge is 0.478 e. The first-order valence-electron chi connectivity index (χ1n) is 13.3. The molecule has 6 nitrogen and oxygen atoms in total. The van der Waals surface area contributed by atoms with Crippen molar-refractivity contribution in [3.8, 4) is 0 Å². The van der Waals surface area contributed by atoms with Crippen molar-refractivity contribution in [3.63, 3.8) is 0 Å². The van der Waals surface area contributed by atoms with Crippen LogP contribution >= 0.6 is 31.9 Å². The SMILES string of the molecule is O=C(O)c1cc(NCc2c(F)c(F)c(C(F)(F)F)c(F)c2F)ccc1Br.O=C(O)c1cc(NCc2c(F)c(F)c(C(F)(F)F)c(F)c2F)ccc1Br. The van der Waals surface area contributed by atoms with Crippen LogP contribution in [0.15, 0.2) is 45.3 Å². The fraction of sp³-hybridized carbons (Fsp3) is 0.133. The quantitative estimate of drug-likeness (QED) is 0.104. The van der Waals surface area contributed by atoms with Crippen LogP contribution in [-0.2, 0) is 25.4 Å². The van der Waals surface area contributed by atoms with Gasteiger partial charge in [-0.25, -0.2) is 44.7 Å². The number of benzene rings is 4. The highest BCUT2D eigenvalue weighted by Gasteiger charge is 2.43. The lowest BCUT2D eigenvalue weighted by atomic mass is 10.1. The minimum atomic E-state index is -5.62. The van der Waals surface area contributed by atoms with Gasteiger partial charge in [-0.05, 0) is 68.3 Å². The van der Waals surface area contributed by atoms with E-state index in [1.807, 2.05) is 0 Å². The lowest BCUT2D eigenvalue weighted by Crippen LogP contribution is -2.18. The number of hydrogen-bond acceptors (Lipinski definition) is 4. The second kappa shape index (κ2) is 16.0. The topological polar surface area (TPSA) is 98.7 Å². The van der Waals surface area contributed by atoms with E-state index in [1.165, 1.54) is 24.3 Å². The van der Waals surface area contributed by atoms with Crippen LogP contribution in [0.25, 0.3) is 0 Å². The molecule has 0 aromatic heterocycles. The molecule has 22 heteroatoms. The van der Waals surface area contributed by atoms with Gasteiger partial charge >= 0.3 is 24.3 Å². The summed E-state index contributed by atoms with van der Waals surface area (Å²) in [6, 6.07) is 7.24. The van der Waals surface area contributed by atoms with Crippen molar-refractivity contribution in [2.24, 2.45) is 0 Å². The Kier molecular flexibility index (Phi) is 12.8. The van der Waals surface area contributed by atoms with Gasteiger partial charge in [-0.2, -0.15) is 26.3 Å². The van der Waals surface area contributed by atoms with Crippen molar-refractivity contribution in [2.45, 2.75) is 25.4 Å². The van der Waals surface area contributed by atoms with Crippen LogP contribution in [0, 0.1) is 46.5 Å². The molecule has 0 heterocycles.